The summed E-state index contributed by atoms with van der Waals surface area (Å²) in [6, 6.07) is 0. The van der Waals surface area contributed by atoms with Crippen LogP contribution in [0.1, 0.15) is 8.56 Å². The van der Waals surface area contributed by atoms with Gasteiger partial charge in [0.15, 0.2) is 0 Å². The van der Waals surface area contributed by atoms with E-state index in [2.05, 4.69) is 0 Å². The monoisotopic (exact) mass is 181 g/mol. The molecule has 4 heteroatoms. The molecule has 4 heavy (non-hydrogen) atoms. The van der Waals surface area contributed by atoms with E-state index in [4.69, 9.17) is 0 Å². The minimum Gasteiger partial charge on any atom is -1.00 e. The molecule has 0 saturated carbocycles. The molecule has 0 bridgehead atoms. The second-order valence-corrected chi connectivity index (χ2v) is 0. The van der Waals surface area contributed by atoms with Crippen LogP contribution in [-0.2, 0) is 17.1 Å². The molecule has 0 spiro atoms. The molecular weight excluding hydrogens is 175 g/mol. The standard InChI is InChI=1S/3Ca.Mn.6H/q3*+2;;6*-1. The Bertz CT molecular complexity index is 13.0. The first-order chi connectivity index (χ1) is 0. The topological polar surface area (TPSA) is 0 Å². The summed E-state index contributed by atoms with van der Waals surface area (Å²) in [5.41, 5.74) is 0. The van der Waals surface area contributed by atoms with Crippen LogP contribution in [0.4, 0.5) is 0 Å². The van der Waals surface area contributed by atoms with Crippen molar-refractivity contribution in [3.63, 3.8) is 0 Å². The summed E-state index contributed by atoms with van der Waals surface area (Å²) >= 11 is 0. The van der Waals surface area contributed by atoms with E-state index in [9.17, 15) is 0 Å². The molecule has 0 aromatic carbocycles. The van der Waals surface area contributed by atoms with Crippen LogP contribution >= 0.6 is 0 Å². The predicted octanol–water partition coefficient (Wildman–Crippen LogP) is -0.470. The molecule has 0 fully saturated rings. The van der Waals surface area contributed by atoms with Gasteiger partial charge in [0, 0.05) is 17.1 Å². The molecule has 0 heterocycles. The van der Waals surface area contributed by atoms with Gasteiger partial charge in [-0.25, -0.2) is 0 Å². The van der Waals surface area contributed by atoms with Gasteiger partial charge in [-0.15, -0.1) is 0 Å². The molecule has 0 aliphatic heterocycles. The molecule has 0 atom stereocenters. The maximum absolute atomic E-state index is 0. The summed E-state index contributed by atoms with van der Waals surface area (Å²) in [4.78, 5) is 0. The molecule has 1 radical (unpaired) electrons. The van der Waals surface area contributed by atoms with E-state index in [1.54, 1.807) is 0 Å². The summed E-state index contributed by atoms with van der Waals surface area (Å²) in [6.07, 6.45) is 0. The first-order valence-electron chi connectivity index (χ1n) is 0. The average Bonchev–Trinajstić information content (AvgIpc) is 0. The van der Waals surface area contributed by atoms with Gasteiger partial charge in [0.05, 0.1) is 0 Å². The Morgan fingerprint density at radius 3 is 0.750 bits per heavy atom. The van der Waals surface area contributed by atoms with E-state index in [0.717, 1.165) is 0 Å². The van der Waals surface area contributed by atoms with Crippen LogP contribution in [0, 0.1) is 0 Å². The van der Waals surface area contributed by atoms with E-state index in [0.29, 0.717) is 0 Å². The molecule has 0 nitrogen and oxygen atoms in total. The van der Waals surface area contributed by atoms with Crippen molar-refractivity contribution in [1.29, 1.82) is 0 Å². The van der Waals surface area contributed by atoms with Crippen LogP contribution in [-0.4, -0.2) is 113 Å². The molecule has 0 rings (SSSR count). The Kier molecular flexibility index (Phi) is 93.7. The average molecular weight is 181 g/mol. The molecule has 0 aliphatic carbocycles. The smallest absolute Gasteiger partial charge is 1.00 e. The van der Waals surface area contributed by atoms with Gasteiger partial charge in [-0.1, -0.05) is 0 Å². The summed E-state index contributed by atoms with van der Waals surface area (Å²) in [5, 5.41) is 0. The third-order valence-electron chi connectivity index (χ3n) is 0. The van der Waals surface area contributed by atoms with Crippen LogP contribution in [0.2, 0.25) is 0 Å². The molecule has 0 unspecified atom stereocenters. The molecule has 0 aromatic heterocycles. The Balaban J connectivity index is 0. The fourth-order valence-corrected chi connectivity index (χ4v) is 0. The Morgan fingerprint density at radius 2 is 0.750 bits per heavy atom. The minimum atomic E-state index is 0. The normalized spacial score (nSPS) is 0. The first-order valence-corrected chi connectivity index (χ1v) is 0. The fraction of sp³-hybridized carbons (Fsp3) is 0. The van der Waals surface area contributed by atoms with Gasteiger partial charge in [-0.05, 0) is 0 Å². The van der Waals surface area contributed by atoms with Crippen LogP contribution < -0.4 is 0 Å². The van der Waals surface area contributed by atoms with Crippen LogP contribution in [0.15, 0.2) is 0 Å². The molecular formula is H6Ca3Mn. The predicted molar refractivity (Wildman–Crippen MR) is 23.9 cm³/mol. The fourth-order valence-electron chi connectivity index (χ4n) is 0. The third-order valence-corrected chi connectivity index (χ3v) is 0. The van der Waals surface area contributed by atoms with Crippen LogP contribution in [0.3, 0.4) is 0 Å². The van der Waals surface area contributed by atoms with Gasteiger partial charge in [0.25, 0.3) is 0 Å². The van der Waals surface area contributed by atoms with Gasteiger partial charge >= 0.3 is 113 Å². The van der Waals surface area contributed by atoms with Gasteiger partial charge in [0.2, 0.25) is 0 Å². The SMILES string of the molecule is [Ca+2].[Ca+2].[Ca+2].[H-].[H-].[H-].[H-].[H-].[H-].[Mn]. The first kappa shape index (κ1) is 23.9. The Hall–Kier alpha value is 4.30. The van der Waals surface area contributed by atoms with Crippen molar-refractivity contribution < 1.29 is 25.6 Å². The van der Waals surface area contributed by atoms with Crippen molar-refractivity contribution in [3.8, 4) is 0 Å². The van der Waals surface area contributed by atoms with E-state index in [1.807, 2.05) is 0 Å². The zero-order valence-corrected chi connectivity index (χ0v) is 10.3. The number of hydrogen-bond acceptors (Lipinski definition) is 0. The summed E-state index contributed by atoms with van der Waals surface area (Å²) in [6.45, 7) is 0. The Morgan fingerprint density at radius 1 is 0.750 bits per heavy atom. The largest absolute Gasteiger partial charge is 2.00 e. The maximum Gasteiger partial charge on any atom is 2.00 e. The molecule has 0 aliphatic rings. The van der Waals surface area contributed by atoms with E-state index in [-0.39, 0.29) is 139 Å². The van der Waals surface area contributed by atoms with Crippen LogP contribution in [0.25, 0.3) is 0 Å². The molecule has 0 saturated heterocycles. The molecule has 19 valence electrons. The van der Waals surface area contributed by atoms with Crippen molar-refractivity contribution in [3.05, 3.63) is 0 Å². The van der Waals surface area contributed by atoms with Crippen molar-refractivity contribution in [1.82, 2.24) is 0 Å². The molecule has 0 amide bonds. The van der Waals surface area contributed by atoms with Crippen molar-refractivity contribution in [2.24, 2.45) is 0 Å². The van der Waals surface area contributed by atoms with Crippen molar-refractivity contribution >= 4 is 113 Å². The minimum absolute atomic E-state index is 0. The van der Waals surface area contributed by atoms with Crippen molar-refractivity contribution in [2.75, 3.05) is 0 Å². The maximum atomic E-state index is 0. The zero-order chi connectivity index (χ0) is 0. The van der Waals surface area contributed by atoms with E-state index >= 15 is 0 Å². The molecule has 0 N–H and O–H groups in total. The van der Waals surface area contributed by atoms with Crippen molar-refractivity contribution in [2.45, 2.75) is 0 Å². The summed E-state index contributed by atoms with van der Waals surface area (Å²) in [5.74, 6) is 0. The van der Waals surface area contributed by atoms with Gasteiger partial charge in [-0.2, -0.15) is 0 Å². The van der Waals surface area contributed by atoms with Gasteiger partial charge in [0.1, 0.15) is 0 Å². The second kappa shape index (κ2) is 15.7. The quantitative estimate of drug-likeness (QED) is 0.443. The second-order valence-electron chi connectivity index (χ2n) is 0. The van der Waals surface area contributed by atoms with Gasteiger partial charge in [-0.3, -0.25) is 0 Å². The molecule has 0 aromatic rings. The summed E-state index contributed by atoms with van der Waals surface area (Å²) in [7, 11) is 0. The van der Waals surface area contributed by atoms with E-state index in [1.165, 1.54) is 0 Å². The zero-order valence-electron chi connectivity index (χ0n) is 8.50. The number of hydrogen-bond donors (Lipinski definition) is 0. The van der Waals surface area contributed by atoms with Gasteiger partial charge < -0.3 is 8.56 Å². The Labute approximate surface area is 135 Å². The number of rotatable bonds is 0. The van der Waals surface area contributed by atoms with Crippen LogP contribution in [0.5, 0.6) is 0 Å². The summed E-state index contributed by atoms with van der Waals surface area (Å²) < 4.78 is 0. The third kappa shape index (κ3) is 9.57. The van der Waals surface area contributed by atoms with E-state index < -0.39 is 0 Å².